The first kappa shape index (κ1) is 21.9. The van der Waals surface area contributed by atoms with Crippen LogP contribution in [-0.4, -0.2) is 39.8 Å². The van der Waals surface area contributed by atoms with Crippen molar-refractivity contribution in [3.8, 4) is 11.5 Å². The van der Waals surface area contributed by atoms with Gasteiger partial charge in [-0.15, -0.1) is 0 Å². The van der Waals surface area contributed by atoms with Gasteiger partial charge in [-0.2, -0.15) is 0 Å². The first-order valence-corrected chi connectivity index (χ1v) is 11.2. The van der Waals surface area contributed by atoms with Crippen LogP contribution in [-0.2, 0) is 14.8 Å². The Labute approximate surface area is 175 Å². The quantitative estimate of drug-likeness (QED) is 0.753. The number of benzene rings is 2. The van der Waals surface area contributed by atoms with Crippen LogP contribution >= 0.6 is 0 Å². The molecule has 1 heterocycles. The number of hydrogen-bond acceptors (Lipinski definition) is 5. The van der Waals surface area contributed by atoms with Gasteiger partial charge >= 0.3 is 0 Å². The SMILES string of the molecule is COc1ccc2c(c1)OC(C)(C)C[C@@H]2NC(=O)CN(c1ccccc1F)S(C)(=O)=O. The number of fused-ring (bicyclic) bond motifs is 1. The number of methoxy groups -OCH3 is 1. The maximum absolute atomic E-state index is 14.2. The minimum Gasteiger partial charge on any atom is -0.497 e. The Balaban J connectivity index is 1.85. The Morgan fingerprint density at radius 3 is 2.63 bits per heavy atom. The molecule has 1 aliphatic heterocycles. The van der Waals surface area contributed by atoms with E-state index in [4.69, 9.17) is 9.47 Å². The van der Waals surface area contributed by atoms with Crippen molar-refractivity contribution < 1.29 is 27.1 Å². The van der Waals surface area contributed by atoms with Gasteiger partial charge in [0.1, 0.15) is 29.5 Å². The molecule has 0 bridgehead atoms. The lowest BCUT2D eigenvalue weighted by molar-refractivity contribution is -0.120. The molecule has 0 aromatic heterocycles. The van der Waals surface area contributed by atoms with Crippen molar-refractivity contribution in [2.75, 3.05) is 24.2 Å². The Hall–Kier alpha value is -2.81. The van der Waals surface area contributed by atoms with E-state index in [1.165, 1.54) is 18.2 Å². The number of ether oxygens (including phenoxy) is 2. The summed E-state index contributed by atoms with van der Waals surface area (Å²) in [7, 11) is -2.32. The van der Waals surface area contributed by atoms with E-state index < -0.39 is 39.9 Å². The second-order valence-corrected chi connectivity index (χ2v) is 9.72. The van der Waals surface area contributed by atoms with Crippen LogP contribution in [0.1, 0.15) is 31.9 Å². The van der Waals surface area contributed by atoms with Crippen molar-refractivity contribution in [3.63, 3.8) is 0 Å². The van der Waals surface area contributed by atoms with Crippen molar-refractivity contribution in [1.29, 1.82) is 0 Å². The topological polar surface area (TPSA) is 84.9 Å². The summed E-state index contributed by atoms with van der Waals surface area (Å²) in [5, 5.41) is 2.87. The van der Waals surface area contributed by atoms with Crippen LogP contribution in [0.5, 0.6) is 11.5 Å². The number of para-hydroxylation sites is 1. The van der Waals surface area contributed by atoms with Crippen molar-refractivity contribution >= 4 is 21.6 Å². The fraction of sp³-hybridized carbons (Fsp3) is 0.381. The van der Waals surface area contributed by atoms with Gasteiger partial charge in [0.2, 0.25) is 15.9 Å². The largest absolute Gasteiger partial charge is 0.497 e. The predicted molar refractivity (Wildman–Crippen MR) is 112 cm³/mol. The summed E-state index contributed by atoms with van der Waals surface area (Å²) < 4.78 is 50.6. The van der Waals surface area contributed by atoms with Crippen LogP contribution in [0.25, 0.3) is 0 Å². The first-order valence-electron chi connectivity index (χ1n) is 9.39. The highest BCUT2D eigenvalue weighted by molar-refractivity contribution is 7.92. The molecular weight excluding hydrogens is 411 g/mol. The monoisotopic (exact) mass is 436 g/mol. The van der Waals surface area contributed by atoms with Crippen LogP contribution in [0.15, 0.2) is 42.5 Å². The number of nitrogens with one attached hydrogen (secondary N) is 1. The van der Waals surface area contributed by atoms with Gasteiger partial charge < -0.3 is 14.8 Å². The second kappa shape index (κ2) is 8.14. The molecule has 2 aromatic rings. The lowest BCUT2D eigenvalue weighted by atomic mass is 9.89. The lowest BCUT2D eigenvalue weighted by Gasteiger charge is -2.38. The molecule has 0 aliphatic carbocycles. The Kier molecular flexibility index (Phi) is 5.94. The predicted octanol–water partition coefficient (Wildman–Crippen LogP) is 3.02. The van der Waals surface area contributed by atoms with E-state index >= 15 is 0 Å². The number of anilines is 1. The van der Waals surface area contributed by atoms with E-state index in [-0.39, 0.29) is 5.69 Å². The molecule has 30 heavy (non-hydrogen) atoms. The Morgan fingerprint density at radius 2 is 2.00 bits per heavy atom. The molecule has 0 saturated carbocycles. The molecule has 0 radical (unpaired) electrons. The third-order valence-electron chi connectivity index (χ3n) is 4.82. The van der Waals surface area contributed by atoms with E-state index in [0.29, 0.717) is 17.9 Å². The van der Waals surface area contributed by atoms with E-state index in [1.54, 1.807) is 25.3 Å². The Bertz CT molecular complexity index is 1060. The second-order valence-electron chi connectivity index (χ2n) is 7.81. The van der Waals surface area contributed by atoms with Gasteiger partial charge in [-0.05, 0) is 38.1 Å². The summed E-state index contributed by atoms with van der Waals surface area (Å²) in [6.07, 6.45) is 1.42. The van der Waals surface area contributed by atoms with Crippen molar-refractivity contribution in [3.05, 3.63) is 53.8 Å². The number of rotatable bonds is 6. The molecule has 9 heteroatoms. The minimum atomic E-state index is -3.88. The number of carbonyl (C=O) groups is 1. The van der Waals surface area contributed by atoms with Crippen LogP contribution < -0.4 is 19.1 Å². The molecule has 3 rings (SSSR count). The number of hydrogen-bond donors (Lipinski definition) is 1. The fourth-order valence-electron chi connectivity index (χ4n) is 3.49. The zero-order valence-electron chi connectivity index (χ0n) is 17.3. The van der Waals surface area contributed by atoms with Gasteiger partial charge in [0, 0.05) is 18.1 Å². The number of nitrogens with zero attached hydrogens (tertiary/aromatic N) is 1. The highest BCUT2D eigenvalue weighted by Gasteiger charge is 2.35. The molecule has 0 saturated heterocycles. The van der Waals surface area contributed by atoms with Gasteiger partial charge in [0.25, 0.3) is 0 Å². The molecule has 1 N–H and O–H groups in total. The molecule has 2 aromatic carbocycles. The third-order valence-corrected chi connectivity index (χ3v) is 5.95. The Morgan fingerprint density at radius 1 is 1.30 bits per heavy atom. The molecule has 1 amide bonds. The highest BCUT2D eigenvalue weighted by Crippen LogP contribution is 2.41. The molecule has 7 nitrogen and oxygen atoms in total. The molecule has 0 spiro atoms. The van der Waals surface area contributed by atoms with E-state index in [2.05, 4.69) is 5.32 Å². The van der Waals surface area contributed by atoms with Gasteiger partial charge in [0.05, 0.1) is 25.1 Å². The molecule has 0 fully saturated rings. The normalized spacial score (nSPS) is 17.4. The van der Waals surface area contributed by atoms with Crippen LogP contribution in [0.2, 0.25) is 0 Å². The van der Waals surface area contributed by atoms with E-state index in [0.717, 1.165) is 22.2 Å². The lowest BCUT2D eigenvalue weighted by Crippen LogP contribution is -2.45. The molecule has 1 aliphatic rings. The number of carbonyl (C=O) groups excluding carboxylic acids is 1. The standard InChI is InChI=1S/C21H25FN2O5S/c1-21(2)12-17(15-10-9-14(28-3)11-19(15)29-21)23-20(25)13-24(30(4,26)27)18-8-6-5-7-16(18)22/h5-11,17H,12-13H2,1-4H3,(H,23,25)/t17-/m0/s1. The van der Waals surface area contributed by atoms with Crippen molar-refractivity contribution in [2.45, 2.75) is 31.9 Å². The van der Waals surface area contributed by atoms with Gasteiger partial charge in [0.15, 0.2) is 0 Å². The fourth-order valence-corrected chi connectivity index (χ4v) is 4.35. The average Bonchev–Trinajstić information content (AvgIpc) is 2.64. The average molecular weight is 437 g/mol. The zero-order valence-corrected chi connectivity index (χ0v) is 18.1. The van der Waals surface area contributed by atoms with Crippen LogP contribution in [0.4, 0.5) is 10.1 Å². The van der Waals surface area contributed by atoms with E-state index in [9.17, 15) is 17.6 Å². The summed E-state index contributed by atoms with van der Waals surface area (Å²) in [4.78, 5) is 12.8. The number of halogens is 1. The van der Waals surface area contributed by atoms with Crippen molar-refractivity contribution in [2.24, 2.45) is 0 Å². The molecule has 162 valence electrons. The smallest absolute Gasteiger partial charge is 0.241 e. The third kappa shape index (κ3) is 4.84. The molecular formula is C21H25FN2O5S. The van der Waals surface area contributed by atoms with Gasteiger partial charge in [-0.1, -0.05) is 12.1 Å². The summed E-state index contributed by atoms with van der Waals surface area (Å²) >= 11 is 0. The maximum atomic E-state index is 14.2. The molecule has 1 atom stereocenters. The highest BCUT2D eigenvalue weighted by atomic mass is 32.2. The van der Waals surface area contributed by atoms with Crippen LogP contribution in [0, 0.1) is 5.82 Å². The van der Waals surface area contributed by atoms with Crippen LogP contribution in [0.3, 0.4) is 0 Å². The number of sulfonamides is 1. The summed E-state index contributed by atoms with van der Waals surface area (Å²) in [5.41, 5.74) is 0.0344. The van der Waals surface area contributed by atoms with Gasteiger partial charge in [-0.25, -0.2) is 12.8 Å². The minimum absolute atomic E-state index is 0.174. The summed E-state index contributed by atoms with van der Waals surface area (Å²) in [6.45, 7) is 3.26. The molecule has 0 unspecified atom stereocenters. The maximum Gasteiger partial charge on any atom is 0.241 e. The summed E-state index contributed by atoms with van der Waals surface area (Å²) in [5.74, 6) is -0.0576. The summed E-state index contributed by atoms with van der Waals surface area (Å²) in [6, 6.07) is 10.4. The van der Waals surface area contributed by atoms with E-state index in [1.807, 2.05) is 13.8 Å². The van der Waals surface area contributed by atoms with Gasteiger partial charge in [-0.3, -0.25) is 9.10 Å². The number of amides is 1. The van der Waals surface area contributed by atoms with Crippen molar-refractivity contribution in [1.82, 2.24) is 5.32 Å². The zero-order chi connectivity index (χ0) is 22.1. The first-order chi connectivity index (χ1) is 14.0.